The van der Waals surface area contributed by atoms with E-state index in [1.165, 1.54) is 6.33 Å². The molecule has 0 saturated carbocycles. The maximum absolute atomic E-state index is 10.1. The standard InChI is InChI=1S/C12H14N4O3/c13-11-7-1-2-16(12(7)15-5-14-11)8-3-6(4-17)9(18)10(8)19/h1-3,5,8-10,17-19H,4H2,(H2,13,14,15)/t8-,9?,10?/m1/s1. The molecular formula is C12H14N4O3. The summed E-state index contributed by atoms with van der Waals surface area (Å²) in [6, 6.07) is 1.28. The van der Waals surface area contributed by atoms with Crippen LogP contribution in [-0.2, 0) is 0 Å². The number of hydrogen-bond acceptors (Lipinski definition) is 6. The molecule has 0 fully saturated rings. The summed E-state index contributed by atoms with van der Waals surface area (Å²) in [7, 11) is 0. The highest BCUT2D eigenvalue weighted by Crippen LogP contribution is 2.32. The van der Waals surface area contributed by atoms with Crippen LogP contribution in [0.25, 0.3) is 11.0 Å². The maximum Gasteiger partial charge on any atom is 0.146 e. The van der Waals surface area contributed by atoms with E-state index in [-0.39, 0.29) is 6.61 Å². The van der Waals surface area contributed by atoms with Gasteiger partial charge in [0.15, 0.2) is 0 Å². The molecule has 5 N–H and O–H groups in total. The molecular weight excluding hydrogens is 248 g/mol. The highest BCUT2D eigenvalue weighted by atomic mass is 16.3. The molecule has 3 rings (SSSR count). The van der Waals surface area contributed by atoms with Crippen molar-refractivity contribution in [2.24, 2.45) is 0 Å². The lowest BCUT2D eigenvalue weighted by atomic mass is 10.1. The summed E-state index contributed by atoms with van der Waals surface area (Å²) in [6.45, 7) is -0.287. The third-order valence-corrected chi connectivity index (χ3v) is 3.48. The molecule has 2 aromatic rings. The monoisotopic (exact) mass is 262 g/mol. The van der Waals surface area contributed by atoms with Gasteiger partial charge in [0.25, 0.3) is 0 Å². The van der Waals surface area contributed by atoms with E-state index < -0.39 is 18.2 Å². The zero-order chi connectivity index (χ0) is 13.6. The molecule has 0 amide bonds. The maximum atomic E-state index is 10.1. The van der Waals surface area contributed by atoms with Crippen LogP contribution >= 0.6 is 0 Å². The molecule has 2 heterocycles. The van der Waals surface area contributed by atoms with Crippen LogP contribution in [0.1, 0.15) is 6.04 Å². The van der Waals surface area contributed by atoms with Crippen LogP contribution in [0, 0.1) is 0 Å². The van der Waals surface area contributed by atoms with Gasteiger partial charge in [0.05, 0.1) is 18.0 Å². The molecule has 0 spiro atoms. The number of hydrogen-bond donors (Lipinski definition) is 4. The summed E-state index contributed by atoms with van der Waals surface area (Å²) in [6.07, 6.45) is 2.64. The molecule has 2 aromatic heterocycles. The predicted octanol–water partition coefficient (Wildman–Crippen LogP) is -0.791. The molecule has 2 unspecified atom stereocenters. The zero-order valence-electron chi connectivity index (χ0n) is 10.0. The Balaban J connectivity index is 2.11. The number of fused-ring (bicyclic) bond motifs is 1. The Hall–Kier alpha value is -1.96. The lowest BCUT2D eigenvalue weighted by Crippen LogP contribution is -2.30. The molecule has 7 nitrogen and oxygen atoms in total. The number of aliphatic hydroxyl groups is 3. The predicted molar refractivity (Wildman–Crippen MR) is 68.2 cm³/mol. The zero-order valence-corrected chi connectivity index (χ0v) is 10.0. The Bertz CT molecular complexity index is 651. The first-order chi connectivity index (χ1) is 9.13. The molecule has 3 atom stereocenters. The molecule has 7 heteroatoms. The van der Waals surface area contributed by atoms with Crippen molar-refractivity contribution in [2.45, 2.75) is 18.2 Å². The first-order valence-corrected chi connectivity index (χ1v) is 5.88. The normalized spacial score (nSPS) is 26.9. The summed E-state index contributed by atoms with van der Waals surface area (Å²) < 4.78 is 1.71. The van der Waals surface area contributed by atoms with E-state index in [1.54, 1.807) is 22.9 Å². The van der Waals surface area contributed by atoms with Gasteiger partial charge >= 0.3 is 0 Å². The Morgan fingerprint density at radius 3 is 2.79 bits per heavy atom. The highest BCUT2D eigenvalue weighted by molar-refractivity contribution is 5.86. The van der Waals surface area contributed by atoms with E-state index in [0.717, 1.165) is 0 Å². The molecule has 0 aliphatic heterocycles. The van der Waals surface area contributed by atoms with Gasteiger partial charge in [-0.3, -0.25) is 0 Å². The molecule has 19 heavy (non-hydrogen) atoms. The van der Waals surface area contributed by atoms with Crippen molar-refractivity contribution in [3.05, 3.63) is 30.2 Å². The van der Waals surface area contributed by atoms with Crippen LogP contribution in [0.15, 0.2) is 30.2 Å². The second-order valence-corrected chi connectivity index (χ2v) is 4.54. The molecule has 1 aliphatic carbocycles. The lowest BCUT2D eigenvalue weighted by Gasteiger charge is -2.19. The fourth-order valence-corrected chi connectivity index (χ4v) is 2.44. The van der Waals surface area contributed by atoms with Crippen molar-refractivity contribution in [3.8, 4) is 0 Å². The van der Waals surface area contributed by atoms with E-state index in [0.29, 0.717) is 22.4 Å². The number of aliphatic hydroxyl groups excluding tert-OH is 3. The largest absolute Gasteiger partial charge is 0.392 e. The van der Waals surface area contributed by atoms with Gasteiger partial charge in [0.1, 0.15) is 30.0 Å². The van der Waals surface area contributed by atoms with Gasteiger partial charge in [-0.2, -0.15) is 0 Å². The SMILES string of the molecule is Nc1ncnc2c1ccn2[C@@H]1C=C(CO)C(O)C1O. The van der Waals surface area contributed by atoms with Gasteiger partial charge in [-0.05, 0) is 11.6 Å². The Morgan fingerprint density at radius 1 is 1.32 bits per heavy atom. The van der Waals surface area contributed by atoms with Crippen molar-refractivity contribution in [1.82, 2.24) is 14.5 Å². The molecule has 0 aromatic carbocycles. The van der Waals surface area contributed by atoms with Crippen LogP contribution < -0.4 is 5.73 Å². The van der Waals surface area contributed by atoms with E-state index in [9.17, 15) is 10.2 Å². The summed E-state index contributed by atoms with van der Waals surface area (Å²) in [5.74, 6) is 0.364. The summed E-state index contributed by atoms with van der Waals surface area (Å²) in [5.41, 5.74) is 6.74. The second-order valence-electron chi connectivity index (χ2n) is 4.54. The minimum Gasteiger partial charge on any atom is -0.392 e. The van der Waals surface area contributed by atoms with Gasteiger partial charge in [-0.1, -0.05) is 6.08 Å². The Kier molecular flexibility index (Phi) is 2.74. The number of aromatic nitrogens is 3. The topological polar surface area (TPSA) is 117 Å². The second kappa shape index (κ2) is 4.30. The van der Waals surface area contributed by atoms with Crippen molar-refractivity contribution in [2.75, 3.05) is 12.3 Å². The van der Waals surface area contributed by atoms with Gasteiger partial charge in [-0.15, -0.1) is 0 Å². The van der Waals surface area contributed by atoms with Gasteiger partial charge in [0.2, 0.25) is 0 Å². The van der Waals surface area contributed by atoms with Gasteiger partial charge < -0.3 is 25.6 Å². The molecule has 0 saturated heterocycles. The minimum atomic E-state index is -1.06. The fraction of sp³-hybridized carbons (Fsp3) is 0.333. The summed E-state index contributed by atoms with van der Waals surface area (Å²) in [4.78, 5) is 8.04. The van der Waals surface area contributed by atoms with Crippen molar-refractivity contribution in [1.29, 1.82) is 0 Å². The third kappa shape index (κ3) is 1.71. The fourth-order valence-electron chi connectivity index (χ4n) is 2.44. The first kappa shape index (κ1) is 12.1. The molecule has 0 bridgehead atoms. The number of rotatable bonds is 2. The number of nitrogens with two attached hydrogens (primary N) is 1. The Labute approximate surface area is 108 Å². The van der Waals surface area contributed by atoms with Crippen molar-refractivity contribution < 1.29 is 15.3 Å². The molecule has 100 valence electrons. The van der Waals surface area contributed by atoms with E-state index in [2.05, 4.69) is 9.97 Å². The van der Waals surface area contributed by atoms with Crippen LogP contribution in [-0.4, -0.2) is 48.7 Å². The quantitative estimate of drug-likeness (QED) is 0.527. The van der Waals surface area contributed by atoms with Crippen LogP contribution in [0.2, 0.25) is 0 Å². The molecule has 1 aliphatic rings. The third-order valence-electron chi connectivity index (χ3n) is 3.48. The summed E-state index contributed by atoms with van der Waals surface area (Å²) >= 11 is 0. The average molecular weight is 262 g/mol. The van der Waals surface area contributed by atoms with E-state index >= 15 is 0 Å². The van der Waals surface area contributed by atoms with E-state index in [1.807, 2.05) is 0 Å². The average Bonchev–Trinajstić information content (AvgIpc) is 2.94. The van der Waals surface area contributed by atoms with Gasteiger partial charge in [0, 0.05) is 6.20 Å². The van der Waals surface area contributed by atoms with Crippen LogP contribution in [0.5, 0.6) is 0 Å². The molecule has 0 radical (unpaired) electrons. The highest BCUT2D eigenvalue weighted by Gasteiger charge is 2.35. The summed E-state index contributed by atoms with van der Waals surface area (Å²) in [5, 5.41) is 29.7. The van der Waals surface area contributed by atoms with Crippen LogP contribution in [0.4, 0.5) is 5.82 Å². The number of anilines is 1. The van der Waals surface area contributed by atoms with Gasteiger partial charge in [-0.25, -0.2) is 9.97 Å². The first-order valence-electron chi connectivity index (χ1n) is 5.88. The van der Waals surface area contributed by atoms with E-state index in [4.69, 9.17) is 10.8 Å². The van der Waals surface area contributed by atoms with Crippen LogP contribution in [0.3, 0.4) is 0 Å². The minimum absolute atomic E-state index is 0.287. The lowest BCUT2D eigenvalue weighted by molar-refractivity contribution is 0.0288. The van der Waals surface area contributed by atoms with Crippen molar-refractivity contribution in [3.63, 3.8) is 0 Å². The number of nitrogens with zero attached hydrogens (tertiary/aromatic N) is 3. The number of nitrogen functional groups attached to an aromatic ring is 1. The smallest absolute Gasteiger partial charge is 0.146 e. The van der Waals surface area contributed by atoms with Crippen molar-refractivity contribution >= 4 is 16.9 Å². The Morgan fingerprint density at radius 2 is 2.11 bits per heavy atom.